The number of benzene rings is 1. The Balaban J connectivity index is 1.79. The van der Waals surface area contributed by atoms with Crippen molar-refractivity contribution in [3.63, 3.8) is 0 Å². The average molecular weight is 413 g/mol. The zero-order valence-corrected chi connectivity index (χ0v) is 16.2. The predicted molar refractivity (Wildman–Crippen MR) is 107 cm³/mol. The van der Waals surface area contributed by atoms with Crippen molar-refractivity contribution >= 4 is 40.7 Å². The number of anilines is 3. The number of rotatable bonds is 6. The maximum Gasteiger partial charge on any atom is 0.366 e. The van der Waals surface area contributed by atoms with E-state index in [0.29, 0.717) is 17.8 Å². The first-order chi connectivity index (χ1) is 14.3. The Bertz CT molecular complexity index is 1010. The molecule has 0 saturated heterocycles. The summed E-state index contributed by atoms with van der Waals surface area (Å²) < 4.78 is 5.56. The molecule has 11 heteroatoms. The lowest BCUT2D eigenvalue weighted by Gasteiger charge is -2.30. The molecular weight excluding hydrogens is 394 g/mol. The van der Waals surface area contributed by atoms with Crippen LogP contribution in [0.5, 0.6) is 5.75 Å². The van der Waals surface area contributed by atoms with Crippen LogP contribution in [0.2, 0.25) is 0 Å². The standard InChI is InChI=1S/C19H19N5O6/c1-3-14-19(27)23(18-15(30-14)8-9-16(22-18)24(28)29)10-17(26)21-13-6-4-12(5-7-13)20-11(2)25/h4-9,14H,3,10H2,1-2H3,(H,20,25)(H,21,26). The van der Waals surface area contributed by atoms with Crippen molar-refractivity contribution in [3.8, 4) is 5.75 Å². The molecule has 2 N–H and O–H groups in total. The molecular formula is C19H19N5O6. The van der Waals surface area contributed by atoms with E-state index in [0.717, 1.165) is 4.90 Å². The molecule has 0 saturated carbocycles. The maximum atomic E-state index is 12.7. The van der Waals surface area contributed by atoms with Crippen molar-refractivity contribution in [2.24, 2.45) is 0 Å². The topological polar surface area (TPSA) is 144 Å². The monoisotopic (exact) mass is 413 g/mol. The van der Waals surface area contributed by atoms with Gasteiger partial charge in [-0.1, -0.05) is 6.92 Å². The van der Waals surface area contributed by atoms with Crippen LogP contribution in [-0.4, -0.2) is 40.3 Å². The minimum Gasteiger partial charge on any atom is -0.474 e. The van der Waals surface area contributed by atoms with E-state index in [9.17, 15) is 24.5 Å². The van der Waals surface area contributed by atoms with Crippen molar-refractivity contribution in [3.05, 3.63) is 46.5 Å². The molecule has 0 spiro atoms. The maximum absolute atomic E-state index is 12.7. The second-order valence-corrected chi connectivity index (χ2v) is 6.49. The van der Waals surface area contributed by atoms with Crippen LogP contribution in [0, 0.1) is 10.1 Å². The molecule has 3 rings (SSSR count). The fourth-order valence-electron chi connectivity index (χ4n) is 2.89. The molecule has 0 fully saturated rings. The quantitative estimate of drug-likeness (QED) is 0.545. The third-order valence-electron chi connectivity index (χ3n) is 4.24. The van der Waals surface area contributed by atoms with E-state index < -0.39 is 35.2 Å². The Morgan fingerprint density at radius 1 is 1.17 bits per heavy atom. The summed E-state index contributed by atoms with van der Waals surface area (Å²) >= 11 is 0. The van der Waals surface area contributed by atoms with Gasteiger partial charge in [-0.2, -0.15) is 0 Å². The van der Waals surface area contributed by atoms with Gasteiger partial charge in [0.05, 0.1) is 0 Å². The molecule has 3 amide bonds. The first kappa shape index (κ1) is 20.7. The number of amides is 3. The van der Waals surface area contributed by atoms with Crippen LogP contribution in [0.4, 0.5) is 23.0 Å². The zero-order valence-electron chi connectivity index (χ0n) is 16.2. The number of ether oxygens (including phenoxy) is 1. The molecule has 1 aromatic heterocycles. The molecule has 1 unspecified atom stereocenters. The van der Waals surface area contributed by atoms with Gasteiger partial charge in [0, 0.05) is 24.4 Å². The smallest absolute Gasteiger partial charge is 0.366 e. The highest BCUT2D eigenvalue weighted by Gasteiger charge is 2.39. The van der Waals surface area contributed by atoms with E-state index >= 15 is 0 Å². The Hall–Kier alpha value is -4.02. The Labute approximate surface area is 171 Å². The van der Waals surface area contributed by atoms with Crippen LogP contribution < -0.4 is 20.3 Å². The normalized spacial score (nSPS) is 15.1. The molecule has 1 atom stereocenters. The third-order valence-corrected chi connectivity index (χ3v) is 4.24. The van der Waals surface area contributed by atoms with Crippen LogP contribution in [-0.2, 0) is 14.4 Å². The van der Waals surface area contributed by atoms with Gasteiger partial charge in [0.1, 0.15) is 6.54 Å². The van der Waals surface area contributed by atoms with E-state index in [2.05, 4.69) is 15.6 Å². The van der Waals surface area contributed by atoms with Crippen LogP contribution in [0.25, 0.3) is 0 Å². The average Bonchev–Trinajstić information content (AvgIpc) is 2.70. The highest BCUT2D eigenvalue weighted by molar-refractivity contribution is 6.05. The van der Waals surface area contributed by atoms with Crippen LogP contribution >= 0.6 is 0 Å². The number of nitro groups is 1. The molecule has 0 radical (unpaired) electrons. The van der Waals surface area contributed by atoms with Gasteiger partial charge in [-0.3, -0.25) is 19.3 Å². The number of nitrogens with one attached hydrogen (secondary N) is 2. The van der Waals surface area contributed by atoms with E-state index in [-0.39, 0.29) is 17.5 Å². The summed E-state index contributed by atoms with van der Waals surface area (Å²) in [4.78, 5) is 51.6. The lowest BCUT2D eigenvalue weighted by molar-refractivity contribution is -0.389. The number of carbonyl (C=O) groups excluding carboxylic acids is 3. The number of hydrogen-bond acceptors (Lipinski definition) is 7. The summed E-state index contributed by atoms with van der Waals surface area (Å²) in [6, 6.07) is 8.96. The van der Waals surface area contributed by atoms with Crippen molar-refractivity contribution < 1.29 is 24.0 Å². The SMILES string of the molecule is CCC1Oc2ccc([N+](=O)[O-])nc2N(CC(=O)Nc2ccc(NC(C)=O)cc2)C1=O. The van der Waals surface area contributed by atoms with Gasteiger partial charge in [-0.05, 0) is 46.7 Å². The lowest BCUT2D eigenvalue weighted by Crippen LogP contribution is -2.49. The Morgan fingerprint density at radius 3 is 2.37 bits per heavy atom. The van der Waals surface area contributed by atoms with Crippen LogP contribution in [0.3, 0.4) is 0 Å². The predicted octanol–water partition coefficient (Wildman–Crippen LogP) is 2.09. The molecule has 30 heavy (non-hydrogen) atoms. The second-order valence-electron chi connectivity index (χ2n) is 6.49. The van der Waals surface area contributed by atoms with Gasteiger partial charge in [-0.15, -0.1) is 0 Å². The molecule has 156 valence electrons. The van der Waals surface area contributed by atoms with Crippen LogP contribution in [0.15, 0.2) is 36.4 Å². The van der Waals surface area contributed by atoms with Gasteiger partial charge in [0.2, 0.25) is 11.8 Å². The Kier molecular flexibility index (Phi) is 5.90. The number of aromatic nitrogens is 1. The highest BCUT2D eigenvalue weighted by Crippen LogP contribution is 2.34. The van der Waals surface area contributed by atoms with Gasteiger partial charge in [0.25, 0.3) is 11.7 Å². The second kappa shape index (κ2) is 8.55. The number of fused-ring (bicyclic) bond motifs is 1. The number of hydrogen-bond donors (Lipinski definition) is 2. The lowest BCUT2D eigenvalue weighted by atomic mass is 10.2. The van der Waals surface area contributed by atoms with E-state index in [1.807, 2.05) is 0 Å². The van der Waals surface area contributed by atoms with E-state index in [1.54, 1.807) is 31.2 Å². The molecule has 0 aliphatic carbocycles. The molecule has 0 bridgehead atoms. The molecule has 1 aliphatic rings. The number of nitrogens with zero attached hydrogens (tertiary/aromatic N) is 3. The van der Waals surface area contributed by atoms with E-state index in [4.69, 9.17) is 4.74 Å². The van der Waals surface area contributed by atoms with E-state index in [1.165, 1.54) is 19.1 Å². The van der Waals surface area contributed by atoms with Gasteiger partial charge < -0.3 is 25.5 Å². The van der Waals surface area contributed by atoms with Crippen molar-refractivity contribution in [1.29, 1.82) is 0 Å². The van der Waals surface area contributed by atoms with Gasteiger partial charge in [-0.25, -0.2) is 0 Å². The molecule has 1 aliphatic heterocycles. The van der Waals surface area contributed by atoms with Crippen LogP contribution in [0.1, 0.15) is 20.3 Å². The number of carbonyl (C=O) groups is 3. The minimum atomic E-state index is -0.814. The largest absolute Gasteiger partial charge is 0.474 e. The minimum absolute atomic E-state index is 0.0740. The van der Waals surface area contributed by atoms with Crippen molar-refractivity contribution in [1.82, 2.24) is 4.98 Å². The summed E-state index contributed by atoms with van der Waals surface area (Å²) in [6.45, 7) is 2.74. The molecule has 2 heterocycles. The molecule has 11 nitrogen and oxygen atoms in total. The third kappa shape index (κ3) is 4.51. The first-order valence-corrected chi connectivity index (χ1v) is 9.09. The summed E-state index contributed by atoms with van der Waals surface area (Å²) in [7, 11) is 0. The molecule has 2 aromatic rings. The number of pyridine rings is 1. The van der Waals surface area contributed by atoms with Crippen molar-refractivity contribution in [2.45, 2.75) is 26.4 Å². The van der Waals surface area contributed by atoms with Gasteiger partial charge in [0.15, 0.2) is 11.9 Å². The Morgan fingerprint density at radius 2 is 1.80 bits per heavy atom. The van der Waals surface area contributed by atoms with Crippen molar-refractivity contribution in [2.75, 3.05) is 22.1 Å². The fourth-order valence-corrected chi connectivity index (χ4v) is 2.89. The summed E-state index contributed by atoms with van der Waals surface area (Å²) in [5, 5.41) is 16.3. The highest BCUT2D eigenvalue weighted by atomic mass is 16.6. The summed E-state index contributed by atoms with van der Waals surface area (Å²) in [5.41, 5.74) is 1.02. The summed E-state index contributed by atoms with van der Waals surface area (Å²) in [5.74, 6) is -1.59. The first-order valence-electron chi connectivity index (χ1n) is 9.09. The molecule has 1 aromatic carbocycles. The van der Waals surface area contributed by atoms with Gasteiger partial charge >= 0.3 is 5.82 Å². The fraction of sp³-hybridized carbons (Fsp3) is 0.263. The summed E-state index contributed by atoms with van der Waals surface area (Å²) in [6.07, 6.45) is -0.455. The zero-order chi connectivity index (χ0) is 21.8.